The topological polar surface area (TPSA) is 37.8 Å². The van der Waals surface area contributed by atoms with Crippen molar-refractivity contribution in [3.8, 4) is 10.6 Å². The Morgan fingerprint density at radius 2 is 2.10 bits per heavy atom. The standard InChI is InChI=1S/C17H23N3S/c1-11-9-18-8-7-13(11)16-20-15(17(2,3)4)14(21-16)10-19-12-5-6-12/h7-9,12,19H,5-6,10H2,1-4H3. The third kappa shape index (κ3) is 3.33. The van der Waals surface area contributed by atoms with Gasteiger partial charge in [-0.05, 0) is 31.4 Å². The zero-order chi connectivity index (χ0) is 15.0. The highest BCUT2D eigenvalue weighted by Crippen LogP contribution is 2.35. The average molecular weight is 301 g/mol. The lowest BCUT2D eigenvalue weighted by atomic mass is 9.91. The van der Waals surface area contributed by atoms with E-state index in [9.17, 15) is 0 Å². The van der Waals surface area contributed by atoms with Crippen molar-refractivity contribution >= 4 is 11.3 Å². The van der Waals surface area contributed by atoms with Crippen LogP contribution in [-0.2, 0) is 12.0 Å². The maximum absolute atomic E-state index is 4.96. The van der Waals surface area contributed by atoms with E-state index in [2.05, 4.69) is 44.1 Å². The van der Waals surface area contributed by atoms with Crippen LogP contribution in [0.4, 0.5) is 0 Å². The largest absolute Gasteiger partial charge is 0.309 e. The van der Waals surface area contributed by atoms with Gasteiger partial charge in [-0.25, -0.2) is 4.98 Å². The van der Waals surface area contributed by atoms with Crippen LogP contribution in [0, 0.1) is 6.92 Å². The molecule has 0 radical (unpaired) electrons. The summed E-state index contributed by atoms with van der Waals surface area (Å²) >= 11 is 1.82. The van der Waals surface area contributed by atoms with Crippen LogP contribution in [0.25, 0.3) is 10.6 Å². The Morgan fingerprint density at radius 1 is 1.33 bits per heavy atom. The van der Waals surface area contributed by atoms with Crippen molar-refractivity contribution in [2.45, 2.75) is 58.5 Å². The molecule has 1 fully saturated rings. The molecule has 21 heavy (non-hydrogen) atoms. The number of pyridine rings is 1. The van der Waals surface area contributed by atoms with Gasteiger partial charge in [0, 0.05) is 40.8 Å². The Hall–Kier alpha value is -1.26. The van der Waals surface area contributed by atoms with Gasteiger partial charge in [-0.2, -0.15) is 0 Å². The molecular weight excluding hydrogens is 278 g/mol. The number of aromatic nitrogens is 2. The molecule has 3 nitrogen and oxygen atoms in total. The molecule has 1 N–H and O–H groups in total. The molecule has 2 heterocycles. The molecule has 0 atom stereocenters. The van der Waals surface area contributed by atoms with Gasteiger partial charge in [0.15, 0.2) is 0 Å². The van der Waals surface area contributed by atoms with E-state index >= 15 is 0 Å². The summed E-state index contributed by atoms with van der Waals surface area (Å²) in [5, 5.41) is 4.74. The molecule has 2 aromatic rings. The van der Waals surface area contributed by atoms with Gasteiger partial charge in [-0.3, -0.25) is 4.98 Å². The highest BCUT2D eigenvalue weighted by atomic mass is 32.1. The summed E-state index contributed by atoms with van der Waals surface area (Å²) in [5.41, 5.74) is 3.70. The van der Waals surface area contributed by atoms with Crippen LogP contribution < -0.4 is 5.32 Å². The van der Waals surface area contributed by atoms with E-state index in [0.717, 1.165) is 17.6 Å². The summed E-state index contributed by atoms with van der Waals surface area (Å²) in [4.78, 5) is 10.5. The lowest BCUT2D eigenvalue weighted by Gasteiger charge is -2.17. The first-order valence-corrected chi connectivity index (χ1v) is 8.41. The zero-order valence-corrected chi connectivity index (χ0v) is 14.0. The molecule has 0 aliphatic heterocycles. The van der Waals surface area contributed by atoms with E-state index in [4.69, 9.17) is 4.98 Å². The molecule has 4 heteroatoms. The summed E-state index contributed by atoms with van der Waals surface area (Å²) < 4.78 is 0. The molecule has 0 saturated heterocycles. The van der Waals surface area contributed by atoms with Crippen LogP contribution in [0.2, 0.25) is 0 Å². The normalized spacial score (nSPS) is 15.4. The van der Waals surface area contributed by atoms with Gasteiger partial charge in [0.25, 0.3) is 0 Å². The quantitative estimate of drug-likeness (QED) is 0.925. The Labute approximate surface area is 130 Å². The van der Waals surface area contributed by atoms with E-state index in [0.29, 0.717) is 0 Å². The SMILES string of the molecule is Cc1cnccc1-c1nc(C(C)(C)C)c(CNC2CC2)s1. The average Bonchev–Trinajstić information content (AvgIpc) is 3.14. The second kappa shape index (κ2) is 5.50. The van der Waals surface area contributed by atoms with E-state index in [1.807, 2.05) is 23.7 Å². The van der Waals surface area contributed by atoms with Gasteiger partial charge >= 0.3 is 0 Å². The Balaban J connectivity index is 1.96. The minimum Gasteiger partial charge on any atom is -0.309 e. The van der Waals surface area contributed by atoms with Crippen LogP contribution in [0.3, 0.4) is 0 Å². The highest BCUT2D eigenvalue weighted by Gasteiger charge is 2.26. The lowest BCUT2D eigenvalue weighted by molar-refractivity contribution is 0.559. The maximum atomic E-state index is 4.96. The lowest BCUT2D eigenvalue weighted by Crippen LogP contribution is -2.19. The minimum atomic E-state index is 0.0796. The Morgan fingerprint density at radius 3 is 2.71 bits per heavy atom. The number of hydrogen-bond acceptors (Lipinski definition) is 4. The third-order valence-electron chi connectivity index (χ3n) is 3.79. The fourth-order valence-corrected chi connectivity index (χ4v) is 3.72. The Kier molecular flexibility index (Phi) is 3.84. The monoisotopic (exact) mass is 301 g/mol. The zero-order valence-electron chi connectivity index (χ0n) is 13.2. The number of nitrogens with zero attached hydrogens (tertiary/aromatic N) is 2. The second-order valence-corrected chi connectivity index (χ2v) is 7.97. The molecule has 0 amide bonds. The molecule has 0 unspecified atom stereocenters. The molecule has 1 aliphatic rings. The van der Waals surface area contributed by atoms with Crippen LogP contribution in [0.1, 0.15) is 49.7 Å². The molecule has 2 aromatic heterocycles. The van der Waals surface area contributed by atoms with Gasteiger partial charge in [0.2, 0.25) is 0 Å². The maximum Gasteiger partial charge on any atom is 0.124 e. The third-order valence-corrected chi connectivity index (χ3v) is 4.88. The molecule has 1 saturated carbocycles. The van der Waals surface area contributed by atoms with E-state index < -0.39 is 0 Å². The van der Waals surface area contributed by atoms with Gasteiger partial charge in [0.05, 0.1) is 5.69 Å². The molecule has 0 bridgehead atoms. The van der Waals surface area contributed by atoms with Crippen LogP contribution in [-0.4, -0.2) is 16.0 Å². The predicted molar refractivity (Wildman–Crippen MR) is 88.6 cm³/mol. The second-order valence-electron chi connectivity index (χ2n) is 6.89. The molecule has 0 aromatic carbocycles. The van der Waals surface area contributed by atoms with Crippen molar-refractivity contribution < 1.29 is 0 Å². The van der Waals surface area contributed by atoms with E-state index in [1.165, 1.54) is 34.5 Å². The number of aryl methyl sites for hydroxylation is 1. The van der Waals surface area contributed by atoms with Gasteiger partial charge in [-0.1, -0.05) is 20.8 Å². The molecule has 112 valence electrons. The smallest absolute Gasteiger partial charge is 0.124 e. The fourth-order valence-electron chi connectivity index (χ4n) is 2.41. The Bertz CT molecular complexity index is 636. The number of nitrogens with one attached hydrogen (secondary N) is 1. The first-order chi connectivity index (χ1) is 9.95. The van der Waals surface area contributed by atoms with Crippen molar-refractivity contribution in [2.24, 2.45) is 0 Å². The van der Waals surface area contributed by atoms with Crippen molar-refractivity contribution in [3.63, 3.8) is 0 Å². The number of hydrogen-bond donors (Lipinski definition) is 1. The van der Waals surface area contributed by atoms with Gasteiger partial charge in [0.1, 0.15) is 5.01 Å². The molecule has 0 spiro atoms. The minimum absolute atomic E-state index is 0.0796. The van der Waals surface area contributed by atoms with Crippen molar-refractivity contribution in [2.75, 3.05) is 0 Å². The number of thiazole rings is 1. The highest BCUT2D eigenvalue weighted by molar-refractivity contribution is 7.15. The first-order valence-electron chi connectivity index (χ1n) is 7.59. The van der Waals surface area contributed by atoms with Crippen molar-refractivity contribution in [1.82, 2.24) is 15.3 Å². The predicted octanol–water partition coefficient (Wildman–Crippen LogP) is 4.06. The van der Waals surface area contributed by atoms with Crippen LogP contribution in [0.5, 0.6) is 0 Å². The van der Waals surface area contributed by atoms with Crippen molar-refractivity contribution in [3.05, 3.63) is 34.6 Å². The summed E-state index contributed by atoms with van der Waals surface area (Å²) in [6.45, 7) is 9.77. The van der Waals surface area contributed by atoms with Gasteiger partial charge < -0.3 is 5.32 Å². The van der Waals surface area contributed by atoms with E-state index in [-0.39, 0.29) is 5.41 Å². The van der Waals surface area contributed by atoms with E-state index in [1.54, 1.807) is 0 Å². The summed E-state index contributed by atoms with van der Waals surface area (Å²) in [7, 11) is 0. The number of rotatable bonds is 4. The van der Waals surface area contributed by atoms with Crippen molar-refractivity contribution in [1.29, 1.82) is 0 Å². The van der Waals surface area contributed by atoms with Crippen LogP contribution in [0.15, 0.2) is 18.5 Å². The van der Waals surface area contributed by atoms with Crippen LogP contribution >= 0.6 is 11.3 Å². The molecule has 1 aliphatic carbocycles. The summed E-state index contributed by atoms with van der Waals surface area (Å²) in [6.07, 6.45) is 6.40. The van der Waals surface area contributed by atoms with Gasteiger partial charge in [-0.15, -0.1) is 11.3 Å². The summed E-state index contributed by atoms with van der Waals surface area (Å²) in [6, 6.07) is 2.80. The molecule has 3 rings (SSSR count). The molecular formula is C17H23N3S. The first kappa shape index (κ1) is 14.7. The summed E-state index contributed by atoms with van der Waals surface area (Å²) in [5.74, 6) is 0. The fraction of sp³-hybridized carbons (Fsp3) is 0.529.